The second-order valence-corrected chi connectivity index (χ2v) is 4.66. The topological polar surface area (TPSA) is 52.4 Å². The molecule has 0 aliphatic carbocycles. The smallest absolute Gasteiger partial charge is 0.311 e. The van der Waals surface area contributed by atoms with Crippen molar-refractivity contribution in [2.75, 3.05) is 0 Å². The third-order valence-electron chi connectivity index (χ3n) is 2.40. The highest BCUT2D eigenvalue weighted by molar-refractivity contribution is 6.31. The van der Waals surface area contributed by atoms with Crippen molar-refractivity contribution < 1.29 is 9.66 Å². The van der Waals surface area contributed by atoms with Crippen molar-refractivity contribution in [3.8, 4) is 5.75 Å². The van der Waals surface area contributed by atoms with Gasteiger partial charge in [0.2, 0.25) is 0 Å². The minimum atomic E-state index is -0.510. The Labute approximate surface area is 119 Å². The summed E-state index contributed by atoms with van der Waals surface area (Å²) in [6, 6.07) is 11.3. The van der Waals surface area contributed by atoms with E-state index in [2.05, 4.69) is 0 Å². The normalized spacial score (nSPS) is 10.2. The Hall–Kier alpha value is -1.78. The molecular weight excluding hydrogens is 289 g/mol. The molecule has 0 amide bonds. The second kappa shape index (κ2) is 5.91. The van der Waals surface area contributed by atoms with Gasteiger partial charge in [0.1, 0.15) is 6.61 Å². The highest BCUT2D eigenvalue weighted by atomic mass is 35.5. The zero-order valence-corrected chi connectivity index (χ0v) is 11.2. The maximum absolute atomic E-state index is 10.9. The van der Waals surface area contributed by atoms with Gasteiger partial charge in [-0.25, -0.2) is 0 Å². The third kappa shape index (κ3) is 3.59. The molecule has 0 bridgehead atoms. The van der Waals surface area contributed by atoms with E-state index in [1.807, 2.05) is 6.07 Å². The van der Waals surface area contributed by atoms with E-state index in [4.69, 9.17) is 27.9 Å². The lowest BCUT2D eigenvalue weighted by Gasteiger charge is -2.07. The average molecular weight is 298 g/mol. The van der Waals surface area contributed by atoms with Crippen LogP contribution in [-0.4, -0.2) is 4.92 Å². The van der Waals surface area contributed by atoms with Gasteiger partial charge in [0, 0.05) is 22.2 Å². The minimum Gasteiger partial charge on any atom is -0.482 e. The zero-order chi connectivity index (χ0) is 13.8. The standard InChI is InChI=1S/C13H9Cl2NO3/c14-10-3-1-2-9(6-10)8-19-13-7-11(15)4-5-12(13)16(17)18/h1-7H,8H2. The lowest BCUT2D eigenvalue weighted by Crippen LogP contribution is -1.99. The van der Waals surface area contributed by atoms with E-state index in [-0.39, 0.29) is 18.0 Å². The predicted molar refractivity (Wildman–Crippen MR) is 73.9 cm³/mol. The summed E-state index contributed by atoms with van der Waals surface area (Å²) in [7, 11) is 0. The van der Waals surface area contributed by atoms with Crippen LogP contribution >= 0.6 is 23.2 Å². The molecule has 4 nitrogen and oxygen atoms in total. The predicted octanol–water partition coefficient (Wildman–Crippen LogP) is 4.48. The first kappa shape index (κ1) is 13.6. The fraction of sp³-hybridized carbons (Fsp3) is 0.0769. The van der Waals surface area contributed by atoms with Crippen molar-refractivity contribution in [3.05, 3.63) is 68.2 Å². The number of ether oxygens (including phenoxy) is 1. The molecule has 0 aliphatic heterocycles. The molecule has 0 atom stereocenters. The molecule has 98 valence electrons. The van der Waals surface area contributed by atoms with Crippen LogP contribution < -0.4 is 4.74 Å². The Morgan fingerprint density at radius 1 is 1.11 bits per heavy atom. The van der Waals surface area contributed by atoms with Crippen LogP contribution in [0.15, 0.2) is 42.5 Å². The third-order valence-corrected chi connectivity index (χ3v) is 2.87. The quantitative estimate of drug-likeness (QED) is 0.617. The van der Waals surface area contributed by atoms with Crippen molar-refractivity contribution in [2.45, 2.75) is 6.61 Å². The molecule has 0 aromatic heterocycles. The van der Waals surface area contributed by atoms with Gasteiger partial charge in [0.15, 0.2) is 5.75 Å². The molecule has 2 rings (SSSR count). The SMILES string of the molecule is O=[N+]([O-])c1ccc(Cl)cc1OCc1cccc(Cl)c1. The zero-order valence-electron chi connectivity index (χ0n) is 9.68. The van der Waals surface area contributed by atoms with Crippen LogP contribution in [0, 0.1) is 10.1 Å². The largest absolute Gasteiger partial charge is 0.482 e. The molecule has 2 aromatic rings. The van der Waals surface area contributed by atoms with Crippen LogP contribution in [0.4, 0.5) is 5.69 Å². The molecule has 0 radical (unpaired) electrons. The number of nitro benzene ring substituents is 1. The minimum absolute atomic E-state index is 0.119. The lowest BCUT2D eigenvalue weighted by molar-refractivity contribution is -0.385. The summed E-state index contributed by atoms with van der Waals surface area (Å²) in [5, 5.41) is 11.8. The summed E-state index contributed by atoms with van der Waals surface area (Å²) in [5.74, 6) is 0.137. The van der Waals surface area contributed by atoms with Gasteiger partial charge in [-0.05, 0) is 23.8 Å². The van der Waals surface area contributed by atoms with E-state index in [1.54, 1.807) is 18.2 Å². The Morgan fingerprint density at radius 2 is 1.84 bits per heavy atom. The van der Waals surface area contributed by atoms with E-state index in [9.17, 15) is 10.1 Å². The first-order valence-corrected chi connectivity index (χ1v) is 6.13. The van der Waals surface area contributed by atoms with Gasteiger partial charge >= 0.3 is 5.69 Å². The number of benzene rings is 2. The summed E-state index contributed by atoms with van der Waals surface area (Å²) >= 11 is 11.7. The monoisotopic (exact) mass is 297 g/mol. The van der Waals surface area contributed by atoms with Crippen molar-refractivity contribution in [1.82, 2.24) is 0 Å². The number of nitro groups is 1. The lowest BCUT2D eigenvalue weighted by atomic mass is 10.2. The van der Waals surface area contributed by atoms with E-state index >= 15 is 0 Å². The van der Waals surface area contributed by atoms with Gasteiger partial charge in [-0.1, -0.05) is 35.3 Å². The Balaban J connectivity index is 2.19. The van der Waals surface area contributed by atoms with E-state index in [0.717, 1.165) is 5.56 Å². The van der Waals surface area contributed by atoms with E-state index in [1.165, 1.54) is 18.2 Å². The summed E-state index contributed by atoms with van der Waals surface area (Å²) in [4.78, 5) is 10.3. The van der Waals surface area contributed by atoms with Gasteiger partial charge in [0.25, 0.3) is 0 Å². The Bertz CT molecular complexity index is 617. The van der Waals surface area contributed by atoms with Crippen molar-refractivity contribution in [3.63, 3.8) is 0 Å². The van der Waals surface area contributed by atoms with Crippen LogP contribution in [-0.2, 0) is 6.61 Å². The molecule has 6 heteroatoms. The number of hydrogen-bond acceptors (Lipinski definition) is 3. The Kier molecular flexibility index (Phi) is 4.24. The summed E-state index contributed by atoms with van der Waals surface area (Å²) in [6.45, 7) is 0.182. The molecule has 0 saturated heterocycles. The average Bonchev–Trinajstić information content (AvgIpc) is 2.36. The molecule has 19 heavy (non-hydrogen) atoms. The maximum Gasteiger partial charge on any atom is 0.311 e. The first-order valence-electron chi connectivity index (χ1n) is 5.37. The number of nitrogens with zero attached hydrogens (tertiary/aromatic N) is 1. The van der Waals surface area contributed by atoms with Gasteiger partial charge in [0.05, 0.1) is 4.92 Å². The van der Waals surface area contributed by atoms with Gasteiger partial charge in [-0.3, -0.25) is 10.1 Å². The van der Waals surface area contributed by atoms with Gasteiger partial charge in [-0.2, -0.15) is 0 Å². The first-order chi connectivity index (χ1) is 9.06. The van der Waals surface area contributed by atoms with Crippen molar-refractivity contribution in [2.24, 2.45) is 0 Å². The molecule has 0 fully saturated rings. The number of hydrogen-bond donors (Lipinski definition) is 0. The van der Waals surface area contributed by atoms with Crippen LogP contribution in [0.2, 0.25) is 10.0 Å². The number of halogens is 2. The summed E-state index contributed by atoms with van der Waals surface area (Å²) < 4.78 is 5.44. The second-order valence-electron chi connectivity index (χ2n) is 3.79. The molecule has 0 heterocycles. The molecule has 0 saturated carbocycles. The molecular formula is C13H9Cl2NO3. The summed E-state index contributed by atoms with van der Waals surface area (Å²) in [6.07, 6.45) is 0. The van der Waals surface area contributed by atoms with E-state index < -0.39 is 4.92 Å². The highest BCUT2D eigenvalue weighted by Crippen LogP contribution is 2.30. The maximum atomic E-state index is 10.9. The van der Waals surface area contributed by atoms with Crippen molar-refractivity contribution >= 4 is 28.9 Å². The van der Waals surface area contributed by atoms with Gasteiger partial charge in [-0.15, -0.1) is 0 Å². The molecule has 0 N–H and O–H groups in total. The molecule has 0 unspecified atom stereocenters. The van der Waals surface area contributed by atoms with E-state index in [0.29, 0.717) is 10.0 Å². The molecule has 0 spiro atoms. The van der Waals surface area contributed by atoms with Crippen LogP contribution in [0.5, 0.6) is 5.75 Å². The number of rotatable bonds is 4. The highest BCUT2D eigenvalue weighted by Gasteiger charge is 2.15. The fourth-order valence-corrected chi connectivity index (χ4v) is 1.92. The summed E-state index contributed by atoms with van der Waals surface area (Å²) in [5.41, 5.74) is 0.702. The van der Waals surface area contributed by atoms with Crippen LogP contribution in [0.3, 0.4) is 0 Å². The molecule has 0 aliphatic rings. The van der Waals surface area contributed by atoms with Gasteiger partial charge < -0.3 is 4.74 Å². The molecule has 2 aromatic carbocycles. The van der Waals surface area contributed by atoms with Crippen molar-refractivity contribution in [1.29, 1.82) is 0 Å². The Morgan fingerprint density at radius 3 is 2.53 bits per heavy atom. The van der Waals surface area contributed by atoms with Crippen LogP contribution in [0.1, 0.15) is 5.56 Å². The fourth-order valence-electron chi connectivity index (χ4n) is 1.54. The van der Waals surface area contributed by atoms with Crippen LogP contribution in [0.25, 0.3) is 0 Å².